The first kappa shape index (κ1) is 18.2. The number of ether oxygens (including phenoxy) is 2. The lowest BCUT2D eigenvalue weighted by Gasteiger charge is -2.13. The molecule has 0 bridgehead atoms. The Bertz CT molecular complexity index is 532. The molecule has 4 nitrogen and oxygen atoms in total. The van der Waals surface area contributed by atoms with Crippen LogP contribution in [0.25, 0.3) is 0 Å². The largest absolute Gasteiger partial charge is 0.462 e. The van der Waals surface area contributed by atoms with E-state index >= 15 is 0 Å². The first-order chi connectivity index (χ1) is 10.4. The van der Waals surface area contributed by atoms with Gasteiger partial charge in [-0.3, -0.25) is 0 Å². The molecular weight excluding hydrogens is 280 g/mol. The quantitative estimate of drug-likeness (QED) is 0.563. The van der Waals surface area contributed by atoms with E-state index in [1.165, 1.54) is 0 Å². The average Bonchev–Trinajstić information content (AvgIpc) is 2.47. The number of unbranched alkanes of at least 4 members (excludes halogenated alkanes) is 1. The van der Waals surface area contributed by atoms with Gasteiger partial charge in [-0.05, 0) is 49.4 Å². The van der Waals surface area contributed by atoms with Crippen LogP contribution in [0, 0.1) is 19.8 Å². The molecule has 0 aliphatic heterocycles. The molecule has 0 N–H and O–H groups in total. The molecule has 1 aromatic rings. The zero-order chi connectivity index (χ0) is 16.7. The molecule has 1 rings (SSSR count). The zero-order valence-electron chi connectivity index (χ0n) is 14.2. The first-order valence-corrected chi connectivity index (χ1v) is 7.82. The maximum atomic E-state index is 12.2. The standard InChI is InChI=1S/C18H26O4/c1-6-7-8-21-17(19)15-9-13(4)14(5)10-16(15)18(20)22-11-12(2)3/h9-10,12H,6-8,11H2,1-5H3. The van der Waals surface area contributed by atoms with Crippen LogP contribution in [-0.4, -0.2) is 25.2 Å². The van der Waals surface area contributed by atoms with E-state index in [9.17, 15) is 9.59 Å². The molecule has 0 saturated heterocycles. The second kappa shape index (κ2) is 8.57. The summed E-state index contributed by atoms with van der Waals surface area (Å²) >= 11 is 0. The van der Waals surface area contributed by atoms with Crippen LogP contribution in [0.3, 0.4) is 0 Å². The molecule has 0 radical (unpaired) electrons. The minimum Gasteiger partial charge on any atom is -0.462 e. The van der Waals surface area contributed by atoms with Crippen LogP contribution < -0.4 is 0 Å². The van der Waals surface area contributed by atoms with Crippen LogP contribution in [0.2, 0.25) is 0 Å². The van der Waals surface area contributed by atoms with Crippen molar-refractivity contribution < 1.29 is 19.1 Å². The molecule has 0 fully saturated rings. The van der Waals surface area contributed by atoms with Crippen molar-refractivity contribution in [2.45, 2.75) is 47.5 Å². The van der Waals surface area contributed by atoms with Crippen molar-refractivity contribution in [3.05, 3.63) is 34.4 Å². The zero-order valence-corrected chi connectivity index (χ0v) is 14.2. The highest BCUT2D eigenvalue weighted by molar-refractivity contribution is 6.03. The van der Waals surface area contributed by atoms with Crippen molar-refractivity contribution in [3.63, 3.8) is 0 Å². The Morgan fingerprint density at radius 2 is 1.50 bits per heavy atom. The van der Waals surface area contributed by atoms with Crippen molar-refractivity contribution >= 4 is 11.9 Å². The molecule has 0 spiro atoms. The molecule has 22 heavy (non-hydrogen) atoms. The average molecular weight is 306 g/mol. The Morgan fingerprint density at radius 1 is 1.00 bits per heavy atom. The van der Waals surface area contributed by atoms with Gasteiger partial charge in [0, 0.05) is 0 Å². The van der Waals surface area contributed by atoms with E-state index in [2.05, 4.69) is 0 Å². The molecule has 0 aliphatic rings. The van der Waals surface area contributed by atoms with Gasteiger partial charge in [-0.25, -0.2) is 9.59 Å². The van der Waals surface area contributed by atoms with Gasteiger partial charge in [-0.1, -0.05) is 27.2 Å². The summed E-state index contributed by atoms with van der Waals surface area (Å²) in [4.78, 5) is 24.5. The van der Waals surface area contributed by atoms with Gasteiger partial charge in [-0.15, -0.1) is 0 Å². The number of benzene rings is 1. The minimum atomic E-state index is -0.473. The second-order valence-corrected chi connectivity index (χ2v) is 5.96. The number of hydrogen-bond acceptors (Lipinski definition) is 4. The molecular formula is C18H26O4. The number of carbonyl (C=O) groups excluding carboxylic acids is 2. The highest BCUT2D eigenvalue weighted by atomic mass is 16.5. The summed E-state index contributed by atoms with van der Waals surface area (Å²) in [5.41, 5.74) is 2.46. The van der Waals surface area contributed by atoms with Gasteiger partial charge in [0.2, 0.25) is 0 Å². The minimum absolute atomic E-state index is 0.246. The van der Waals surface area contributed by atoms with Gasteiger partial charge in [0.15, 0.2) is 0 Å². The summed E-state index contributed by atoms with van der Waals surface area (Å²) in [6.07, 6.45) is 1.76. The Hall–Kier alpha value is -1.84. The van der Waals surface area contributed by atoms with E-state index in [0.29, 0.717) is 13.2 Å². The summed E-state index contributed by atoms with van der Waals surface area (Å²) in [5, 5.41) is 0. The Labute approximate surface area is 132 Å². The van der Waals surface area contributed by atoms with E-state index in [1.807, 2.05) is 34.6 Å². The number of aryl methyl sites for hydroxylation is 2. The van der Waals surface area contributed by atoms with Crippen molar-refractivity contribution in [2.75, 3.05) is 13.2 Å². The van der Waals surface area contributed by atoms with E-state index in [4.69, 9.17) is 9.47 Å². The van der Waals surface area contributed by atoms with Crippen LogP contribution in [0.15, 0.2) is 12.1 Å². The summed E-state index contributed by atoms with van der Waals surface area (Å²) < 4.78 is 10.5. The summed E-state index contributed by atoms with van der Waals surface area (Å²) in [7, 11) is 0. The molecule has 0 saturated carbocycles. The number of esters is 2. The second-order valence-electron chi connectivity index (χ2n) is 5.96. The van der Waals surface area contributed by atoms with Gasteiger partial charge in [-0.2, -0.15) is 0 Å². The number of carbonyl (C=O) groups is 2. The molecule has 0 aromatic heterocycles. The first-order valence-electron chi connectivity index (χ1n) is 7.82. The number of rotatable bonds is 7. The Balaban J connectivity index is 3.01. The maximum Gasteiger partial charge on any atom is 0.339 e. The van der Waals surface area contributed by atoms with Crippen LogP contribution in [0.4, 0.5) is 0 Å². The van der Waals surface area contributed by atoms with Gasteiger partial charge in [0.05, 0.1) is 24.3 Å². The highest BCUT2D eigenvalue weighted by Gasteiger charge is 2.21. The van der Waals surface area contributed by atoms with E-state index < -0.39 is 11.9 Å². The molecule has 0 atom stereocenters. The van der Waals surface area contributed by atoms with Gasteiger partial charge >= 0.3 is 11.9 Å². The van der Waals surface area contributed by atoms with Crippen LogP contribution >= 0.6 is 0 Å². The topological polar surface area (TPSA) is 52.6 Å². The van der Waals surface area contributed by atoms with Crippen molar-refractivity contribution in [1.82, 2.24) is 0 Å². The molecule has 0 amide bonds. The Morgan fingerprint density at radius 3 is 1.95 bits per heavy atom. The molecule has 122 valence electrons. The summed E-state index contributed by atoms with van der Waals surface area (Å²) in [6, 6.07) is 3.41. The smallest absolute Gasteiger partial charge is 0.339 e. The lowest BCUT2D eigenvalue weighted by Crippen LogP contribution is -2.17. The van der Waals surface area contributed by atoms with Gasteiger partial charge in [0.25, 0.3) is 0 Å². The third-order valence-corrected chi connectivity index (χ3v) is 3.35. The monoisotopic (exact) mass is 306 g/mol. The predicted molar refractivity (Wildman–Crippen MR) is 86.2 cm³/mol. The fourth-order valence-electron chi connectivity index (χ4n) is 1.86. The predicted octanol–water partition coefficient (Wildman–Crippen LogP) is 4.07. The summed E-state index contributed by atoms with van der Waals surface area (Å²) in [6.45, 7) is 10.5. The molecule has 1 aromatic carbocycles. The van der Waals surface area contributed by atoms with Crippen molar-refractivity contribution in [3.8, 4) is 0 Å². The third-order valence-electron chi connectivity index (χ3n) is 3.35. The van der Waals surface area contributed by atoms with E-state index in [1.54, 1.807) is 12.1 Å². The Kier molecular flexibility index (Phi) is 7.09. The number of hydrogen-bond donors (Lipinski definition) is 0. The summed E-state index contributed by atoms with van der Waals surface area (Å²) in [5.74, 6) is -0.692. The normalized spacial score (nSPS) is 10.6. The van der Waals surface area contributed by atoms with Crippen molar-refractivity contribution in [2.24, 2.45) is 5.92 Å². The van der Waals surface area contributed by atoms with Crippen molar-refractivity contribution in [1.29, 1.82) is 0 Å². The van der Waals surface area contributed by atoms with Crippen LogP contribution in [-0.2, 0) is 9.47 Å². The van der Waals surface area contributed by atoms with Crippen LogP contribution in [0.1, 0.15) is 65.5 Å². The third kappa shape index (κ3) is 5.17. The fourth-order valence-corrected chi connectivity index (χ4v) is 1.86. The molecule has 0 aliphatic carbocycles. The lowest BCUT2D eigenvalue weighted by atomic mass is 10.00. The molecule has 0 unspecified atom stereocenters. The van der Waals surface area contributed by atoms with Gasteiger partial charge < -0.3 is 9.47 Å². The molecule has 4 heteroatoms. The maximum absolute atomic E-state index is 12.2. The van der Waals surface area contributed by atoms with Crippen LogP contribution in [0.5, 0.6) is 0 Å². The lowest BCUT2D eigenvalue weighted by molar-refractivity contribution is 0.0428. The molecule has 0 heterocycles. The van der Waals surface area contributed by atoms with Gasteiger partial charge in [0.1, 0.15) is 0 Å². The highest BCUT2D eigenvalue weighted by Crippen LogP contribution is 2.19. The van der Waals surface area contributed by atoms with E-state index in [0.717, 1.165) is 24.0 Å². The van der Waals surface area contributed by atoms with E-state index in [-0.39, 0.29) is 17.0 Å². The SMILES string of the molecule is CCCCOC(=O)c1cc(C)c(C)cc1C(=O)OCC(C)C. The fraction of sp³-hybridized carbons (Fsp3) is 0.556.